The second-order valence-electron chi connectivity index (χ2n) is 8.67. The van der Waals surface area contributed by atoms with Crippen LogP contribution >= 0.6 is 0 Å². The summed E-state index contributed by atoms with van der Waals surface area (Å²) in [6.45, 7) is 7.67. The second kappa shape index (κ2) is 8.43. The van der Waals surface area contributed by atoms with Gasteiger partial charge in [-0.3, -0.25) is 0 Å². The van der Waals surface area contributed by atoms with Gasteiger partial charge in [0.1, 0.15) is 0 Å². The Labute approximate surface area is 184 Å². The molecule has 0 radical (unpaired) electrons. The largest absolute Gasteiger partial charge is 0.478 e. The first kappa shape index (κ1) is 20.9. The molecule has 1 aliphatic rings. The SMILES string of the molecule is CC(C)c1ccc(N2CCc3ccccc3C2(C)c2ccc(/C=C/C(=O)O)cc2)cc1. The van der Waals surface area contributed by atoms with Crippen LogP contribution < -0.4 is 4.90 Å². The number of hydrogen-bond donors (Lipinski definition) is 1. The van der Waals surface area contributed by atoms with Crippen molar-refractivity contribution in [3.63, 3.8) is 0 Å². The third-order valence-electron chi connectivity index (χ3n) is 6.45. The summed E-state index contributed by atoms with van der Waals surface area (Å²) < 4.78 is 0. The summed E-state index contributed by atoms with van der Waals surface area (Å²) in [7, 11) is 0. The van der Waals surface area contributed by atoms with E-state index in [1.807, 2.05) is 12.1 Å². The van der Waals surface area contributed by atoms with Crippen molar-refractivity contribution >= 4 is 17.7 Å². The van der Waals surface area contributed by atoms with E-state index in [0.29, 0.717) is 5.92 Å². The van der Waals surface area contributed by atoms with Crippen LogP contribution in [0.3, 0.4) is 0 Å². The fraction of sp³-hybridized carbons (Fsp3) is 0.250. The molecule has 3 heteroatoms. The lowest BCUT2D eigenvalue weighted by Crippen LogP contribution is -2.49. The highest BCUT2D eigenvalue weighted by Gasteiger charge is 2.40. The summed E-state index contributed by atoms with van der Waals surface area (Å²) in [5.41, 5.74) is 7.03. The van der Waals surface area contributed by atoms with Crippen molar-refractivity contribution in [3.8, 4) is 0 Å². The van der Waals surface area contributed by atoms with Crippen molar-refractivity contribution in [3.05, 3.63) is 107 Å². The maximum absolute atomic E-state index is 10.8. The van der Waals surface area contributed by atoms with Crippen LogP contribution in [0.25, 0.3) is 6.08 Å². The number of rotatable bonds is 5. The van der Waals surface area contributed by atoms with Gasteiger partial charge >= 0.3 is 5.97 Å². The van der Waals surface area contributed by atoms with Crippen LogP contribution in [0.1, 0.15) is 54.5 Å². The zero-order valence-corrected chi connectivity index (χ0v) is 18.4. The minimum absolute atomic E-state index is 0.316. The Morgan fingerprint density at radius 2 is 1.68 bits per heavy atom. The van der Waals surface area contributed by atoms with Gasteiger partial charge in [-0.05, 0) is 65.3 Å². The van der Waals surface area contributed by atoms with Gasteiger partial charge in [-0.2, -0.15) is 0 Å². The first-order valence-corrected chi connectivity index (χ1v) is 10.9. The molecule has 1 heterocycles. The second-order valence-corrected chi connectivity index (χ2v) is 8.67. The predicted molar refractivity (Wildman–Crippen MR) is 128 cm³/mol. The van der Waals surface area contributed by atoms with Crippen molar-refractivity contribution in [1.82, 2.24) is 0 Å². The summed E-state index contributed by atoms with van der Waals surface area (Å²) in [5, 5.41) is 8.90. The Balaban J connectivity index is 1.80. The summed E-state index contributed by atoms with van der Waals surface area (Å²) in [6.07, 6.45) is 3.82. The van der Waals surface area contributed by atoms with Gasteiger partial charge in [0.15, 0.2) is 0 Å². The summed E-state index contributed by atoms with van der Waals surface area (Å²) >= 11 is 0. The van der Waals surface area contributed by atoms with Crippen LogP contribution in [-0.2, 0) is 16.8 Å². The molecule has 31 heavy (non-hydrogen) atoms. The van der Waals surface area contributed by atoms with Gasteiger partial charge in [0.05, 0.1) is 5.54 Å². The molecule has 0 fully saturated rings. The van der Waals surface area contributed by atoms with Gasteiger partial charge in [-0.25, -0.2) is 4.79 Å². The van der Waals surface area contributed by atoms with Crippen LogP contribution in [0.4, 0.5) is 5.69 Å². The molecular weight excluding hydrogens is 382 g/mol. The lowest BCUT2D eigenvalue weighted by molar-refractivity contribution is -0.131. The molecule has 0 aromatic heterocycles. The van der Waals surface area contributed by atoms with Gasteiger partial charge in [-0.15, -0.1) is 0 Å². The first-order chi connectivity index (χ1) is 14.9. The highest BCUT2D eigenvalue weighted by atomic mass is 16.4. The number of benzene rings is 3. The lowest BCUT2D eigenvalue weighted by Gasteiger charge is -2.48. The molecule has 0 saturated carbocycles. The molecule has 3 aromatic rings. The van der Waals surface area contributed by atoms with E-state index in [1.54, 1.807) is 6.08 Å². The third kappa shape index (κ3) is 4.00. The zero-order valence-electron chi connectivity index (χ0n) is 18.4. The van der Waals surface area contributed by atoms with Crippen molar-refractivity contribution in [2.24, 2.45) is 0 Å². The van der Waals surface area contributed by atoms with Crippen LogP contribution in [0.15, 0.2) is 78.9 Å². The Morgan fingerprint density at radius 1 is 1.00 bits per heavy atom. The Kier molecular flexibility index (Phi) is 5.69. The number of anilines is 1. The molecule has 0 saturated heterocycles. The molecule has 0 amide bonds. The van der Waals surface area contributed by atoms with Gasteiger partial charge in [-0.1, -0.05) is 74.5 Å². The van der Waals surface area contributed by atoms with Gasteiger partial charge in [0.25, 0.3) is 0 Å². The Morgan fingerprint density at radius 3 is 2.32 bits per heavy atom. The minimum atomic E-state index is -0.937. The third-order valence-corrected chi connectivity index (χ3v) is 6.45. The quantitative estimate of drug-likeness (QED) is 0.506. The average molecular weight is 412 g/mol. The molecule has 0 spiro atoms. The number of nitrogens with zero attached hydrogens (tertiary/aromatic N) is 1. The standard InChI is InChI=1S/C28H29NO2/c1-20(2)22-11-15-25(16-12-22)29-19-18-23-6-4-5-7-26(23)28(29,3)24-13-8-21(9-14-24)10-17-27(30)31/h4-17,20H,18-19H2,1-3H3,(H,30,31)/b17-10+. The van der Waals surface area contributed by atoms with E-state index in [4.69, 9.17) is 5.11 Å². The van der Waals surface area contributed by atoms with E-state index in [2.05, 4.69) is 86.3 Å². The number of carbonyl (C=O) groups is 1. The van der Waals surface area contributed by atoms with Gasteiger partial charge in [0, 0.05) is 18.3 Å². The Bertz CT molecular complexity index is 1100. The zero-order chi connectivity index (χ0) is 22.0. The summed E-state index contributed by atoms with van der Waals surface area (Å²) in [5.74, 6) is -0.429. The van der Waals surface area contributed by atoms with E-state index >= 15 is 0 Å². The van der Waals surface area contributed by atoms with Crippen LogP contribution in [-0.4, -0.2) is 17.6 Å². The predicted octanol–water partition coefficient (Wildman–Crippen LogP) is 6.23. The van der Waals surface area contributed by atoms with Crippen molar-refractivity contribution in [2.75, 3.05) is 11.4 Å². The molecule has 1 N–H and O–H groups in total. The van der Waals surface area contributed by atoms with Gasteiger partial charge < -0.3 is 10.0 Å². The molecule has 4 rings (SSSR count). The fourth-order valence-electron chi connectivity index (χ4n) is 4.64. The number of hydrogen-bond acceptors (Lipinski definition) is 2. The van der Waals surface area contributed by atoms with E-state index < -0.39 is 5.97 Å². The molecular formula is C28H29NO2. The topological polar surface area (TPSA) is 40.5 Å². The lowest BCUT2D eigenvalue weighted by atomic mass is 9.76. The minimum Gasteiger partial charge on any atom is -0.478 e. The number of fused-ring (bicyclic) bond motifs is 1. The highest BCUT2D eigenvalue weighted by Crippen LogP contribution is 2.43. The van der Waals surface area contributed by atoms with Crippen molar-refractivity contribution in [1.29, 1.82) is 0 Å². The molecule has 1 atom stereocenters. The molecule has 0 aliphatic carbocycles. The average Bonchev–Trinajstić information content (AvgIpc) is 2.78. The van der Waals surface area contributed by atoms with E-state index in [9.17, 15) is 4.79 Å². The monoisotopic (exact) mass is 411 g/mol. The van der Waals surface area contributed by atoms with E-state index in [-0.39, 0.29) is 5.54 Å². The molecule has 1 unspecified atom stereocenters. The summed E-state index contributed by atoms with van der Waals surface area (Å²) in [6, 6.07) is 25.9. The van der Waals surface area contributed by atoms with Gasteiger partial charge in [0.2, 0.25) is 0 Å². The molecule has 3 nitrogen and oxygen atoms in total. The molecule has 3 aromatic carbocycles. The maximum atomic E-state index is 10.8. The van der Waals surface area contributed by atoms with Crippen molar-refractivity contribution in [2.45, 2.75) is 38.6 Å². The molecule has 158 valence electrons. The fourth-order valence-corrected chi connectivity index (χ4v) is 4.64. The van der Waals surface area contributed by atoms with Crippen LogP contribution in [0.5, 0.6) is 0 Å². The van der Waals surface area contributed by atoms with Crippen LogP contribution in [0.2, 0.25) is 0 Å². The number of carboxylic acids is 1. The normalized spacial score (nSPS) is 18.4. The van der Waals surface area contributed by atoms with E-state index in [0.717, 1.165) is 18.5 Å². The number of aliphatic carboxylic acids is 1. The number of carboxylic acid groups (broad SMARTS) is 1. The first-order valence-electron chi connectivity index (χ1n) is 10.9. The Hall–Kier alpha value is -3.33. The van der Waals surface area contributed by atoms with Crippen LogP contribution in [0, 0.1) is 0 Å². The smallest absolute Gasteiger partial charge is 0.328 e. The highest BCUT2D eigenvalue weighted by molar-refractivity contribution is 5.85. The molecule has 0 bridgehead atoms. The van der Waals surface area contributed by atoms with Crippen molar-refractivity contribution < 1.29 is 9.90 Å². The van der Waals surface area contributed by atoms with E-state index in [1.165, 1.54) is 34.0 Å². The maximum Gasteiger partial charge on any atom is 0.328 e. The summed E-state index contributed by atoms with van der Waals surface area (Å²) in [4.78, 5) is 13.3. The molecule has 1 aliphatic heterocycles.